The number of aliphatic hydroxyl groups is 3. The summed E-state index contributed by atoms with van der Waals surface area (Å²) in [5.74, 6) is -5.16. The largest absolute Gasteiger partial charge is 0.505 e. The predicted molar refractivity (Wildman–Crippen MR) is 389 cm³/mol. The van der Waals surface area contributed by atoms with E-state index in [1.165, 1.54) is 141 Å². The number of nitrogens with one attached hydrogen (secondary N) is 1. The van der Waals surface area contributed by atoms with E-state index in [1.54, 1.807) is 4.90 Å². The molecule has 0 atom stereocenters. The van der Waals surface area contributed by atoms with Crippen LogP contribution in [0.1, 0.15) is 246 Å². The Morgan fingerprint density at radius 3 is 0.920 bits per heavy atom. The second kappa shape index (κ2) is 87.5. The van der Waals surface area contributed by atoms with Crippen LogP contribution in [0.3, 0.4) is 0 Å². The zero-order valence-corrected chi connectivity index (χ0v) is 64.5. The number of nitrogens with two attached hydrogens (primary N) is 3. The summed E-state index contributed by atoms with van der Waals surface area (Å²) in [6.07, 6.45) is 36.3. The lowest BCUT2D eigenvalue weighted by atomic mass is 10.0. The van der Waals surface area contributed by atoms with Gasteiger partial charge in [-0.25, -0.2) is 14.4 Å². The van der Waals surface area contributed by atoms with E-state index in [2.05, 4.69) is 42.3 Å². The number of primary amides is 1. The highest BCUT2D eigenvalue weighted by molar-refractivity contribution is 7.86. The summed E-state index contributed by atoms with van der Waals surface area (Å²) in [6, 6.07) is 0. The van der Waals surface area contributed by atoms with Crippen LogP contribution in [0.25, 0.3) is 0 Å². The van der Waals surface area contributed by atoms with Crippen LogP contribution in [0.4, 0.5) is 9.59 Å². The van der Waals surface area contributed by atoms with Gasteiger partial charge in [0, 0.05) is 45.6 Å². The maximum atomic E-state index is 10.3. The van der Waals surface area contributed by atoms with Gasteiger partial charge in [-0.2, -0.15) is 54.7 Å². The summed E-state index contributed by atoms with van der Waals surface area (Å²) < 4.78 is 144. The Morgan fingerprint density at radius 1 is 0.400 bits per heavy atom. The van der Waals surface area contributed by atoms with Crippen molar-refractivity contribution in [3.63, 3.8) is 0 Å². The van der Waals surface area contributed by atoms with Gasteiger partial charge in [0.2, 0.25) is 5.91 Å². The van der Waals surface area contributed by atoms with Crippen LogP contribution in [0.15, 0.2) is 0 Å². The second-order valence-corrected chi connectivity index (χ2v) is 29.8. The van der Waals surface area contributed by atoms with E-state index in [9.17, 15) is 66.1 Å². The standard InChI is InChI=1S/C16H33NO2.C16H32O3.C6H15NO5S.C5H11NO4S.C5H10O2.C4H10O3S.C2H7NO3S.C2H4O3.C2H4O2S.CH5NO3S/c1-2-3-4-5-6-7-8-9-10-11-12-13-14-15-17-16(18)19;1-2-3-4-5-6-7-8-9-10-11-12-13-14-15-19-16(17)18;8-4-1-7(2-5-9)3-6-13(10,11)12;6-5(7)3-1-2-4-11(8,9)10;1-2-3-4-5(6)7;1-2-3-4-8(5,6)7;3-1-2-7(4,5)6;3-1-2(4)5;3-2(4)1-5;2-1-6(3,4)5/h17H,2-15H2,1H3,(H,18,19);2-15H2,1H3,(H,17,18);8-9H,1-6H2,(H,10,11,12);1-4H2,(H2,6,7)(H,8,9,10);2-4H2,1H3,(H,6,7);2-4H2,1H3,(H,5,6,7);1-3H2,(H,4,5,6);3H,1H2,(H,4,5);5H,1H2,(H,3,4);1-2H2,(H,3,4,5). The number of rotatable bonds is 51. The molecule has 0 aromatic carbocycles. The van der Waals surface area contributed by atoms with Crippen LogP contribution < -0.4 is 22.5 Å². The smallest absolute Gasteiger partial charge is 0.481 e. The summed E-state index contributed by atoms with van der Waals surface area (Å²) in [6.45, 7) is 8.99. The third-order valence-corrected chi connectivity index (χ3v) is 15.7. The highest BCUT2D eigenvalue weighted by Crippen LogP contribution is 2.14. The van der Waals surface area contributed by atoms with Crippen LogP contribution >= 0.6 is 12.6 Å². The Balaban J connectivity index is -0.000000117. The molecule has 0 fully saturated rings. The number of thiol groups is 1. The fourth-order valence-corrected chi connectivity index (χ4v) is 8.88. The number of aliphatic hydroxyl groups excluding tert-OH is 3. The van der Waals surface area contributed by atoms with Gasteiger partial charge in [0.25, 0.3) is 50.6 Å². The molecule has 0 saturated heterocycles. The van der Waals surface area contributed by atoms with Crippen molar-refractivity contribution in [1.29, 1.82) is 0 Å². The summed E-state index contributed by atoms with van der Waals surface area (Å²) in [5.41, 5.74) is 14.0. The topological polar surface area (TPSA) is 639 Å². The van der Waals surface area contributed by atoms with Gasteiger partial charge in [-0.15, -0.1) is 0 Å². The zero-order valence-electron chi connectivity index (χ0n) is 59.6. The minimum Gasteiger partial charge on any atom is -0.481 e. The molecule has 0 rings (SSSR count). The minimum atomic E-state index is -3.96. The van der Waals surface area contributed by atoms with Crippen LogP contribution in [-0.2, 0) is 74.5 Å². The van der Waals surface area contributed by atoms with Crippen LogP contribution in [0.5, 0.6) is 0 Å². The Hall–Kier alpha value is -3.92. The molecule has 35 nitrogen and oxygen atoms in total. The number of carboxylic acid groups (broad SMARTS) is 5. The first kappa shape index (κ1) is 117. The molecule has 0 aromatic heterocycles. The van der Waals surface area contributed by atoms with Crippen molar-refractivity contribution in [2.24, 2.45) is 17.2 Å². The highest BCUT2D eigenvalue weighted by Gasteiger charge is 2.10. The van der Waals surface area contributed by atoms with Gasteiger partial charge in [-0.3, -0.25) is 42.0 Å². The number of hydrogen-bond acceptors (Lipinski definition) is 24. The quantitative estimate of drug-likeness (QED) is 0.0122. The van der Waals surface area contributed by atoms with Crippen molar-refractivity contribution in [1.82, 2.24) is 10.2 Å². The molecule has 0 radical (unpaired) electrons. The van der Waals surface area contributed by atoms with Gasteiger partial charge in [-0.1, -0.05) is 195 Å². The molecule has 0 saturated carbocycles. The predicted octanol–water partition coefficient (Wildman–Crippen LogP) is 7.43. The Morgan fingerprint density at radius 2 is 0.710 bits per heavy atom. The molecule has 0 aliphatic rings. The van der Waals surface area contributed by atoms with E-state index in [-0.39, 0.29) is 81.0 Å². The molecule has 41 heteroatoms. The van der Waals surface area contributed by atoms with Crippen LogP contribution in [0, 0.1) is 0 Å². The molecule has 0 spiro atoms. The number of amides is 2. The summed E-state index contributed by atoms with van der Waals surface area (Å²) in [5, 5.41) is 66.9. The summed E-state index contributed by atoms with van der Waals surface area (Å²) in [7, 11) is -19.2. The molecule has 0 unspecified atom stereocenters. The third kappa shape index (κ3) is 176. The molecule has 0 aliphatic heterocycles. The van der Waals surface area contributed by atoms with Gasteiger partial charge >= 0.3 is 30.2 Å². The molecular weight excluding hydrogens is 1450 g/mol. The van der Waals surface area contributed by atoms with Crippen molar-refractivity contribution in [3.05, 3.63) is 0 Å². The number of carbonyl (C=O) groups is 6. The average Bonchev–Trinajstić information content (AvgIpc) is 1.01. The molecule has 608 valence electrons. The fraction of sp³-hybridized carbons (Fsp3) is 0.898. The average molecular weight is 1580 g/mol. The first-order valence-corrected chi connectivity index (χ1v) is 42.2. The molecule has 2 amide bonds. The van der Waals surface area contributed by atoms with Crippen LogP contribution in [0.2, 0.25) is 0 Å². The van der Waals surface area contributed by atoms with Crippen molar-refractivity contribution in [3.8, 4) is 0 Å². The number of carbonyl (C=O) groups excluding carboxylic acids is 1. The number of ether oxygens (including phenoxy) is 1. The molecule has 0 bridgehead atoms. The number of aliphatic carboxylic acids is 3. The van der Waals surface area contributed by atoms with Crippen molar-refractivity contribution in [2.75, 3.05) is 93.8 Å². The monoisotopic (exact) mass is 1580 g/mol. The number of unbranched alkanes of at least 4 members (excludes halogenated alkanes) is 27. The first-order chi connectivity index (χ1) is 46.4. The minimum absolute atomic E-state index is 0.0289. The fourth-order valence-electron chi connectivity index (χ4n) is 6.87. The van der Waals surface area contributed by atoms with Crippen molar-refractivity contribution in [2.45, 2.75) is 246 Å². The Labute approximate surface area is 602 Å². The molecular formula is C59H131N5O30S6. The summed E-state index contributed by atoms with van der Waals surface area (Å²) in [4.78, 5) is 60.2. The Kier molecular flexibility index (Phi) is 103. The Bertz CT molecular complexity index is 2360. The SMILES string of the molecule is CCCCC(=O)O.CCCCCCCCCCCCCCCNC(=O)O.CCCCCCCCCCCCCCCOC(=O)O.CCCCS(=O)(=O)O.NC(=O)CCCCS(=O)(=O)O.NCCS(=O)(=O)O.NCS(=O)(=O)O.O=C(O)CO.O=C(O)CS.O=S(=O)(O)CCN(CCO)CCO. The molecule has 0 aliphatic carbocycles. The van der Waals surface area contributed by atoms with E-state index in [0.29, 0.717) is 32.4 Å². The van der Waals surface area contributed by atoms with Gasteiger partial charge in [0.05, 0.1) is 48.6 Å². The van der Waals surface area contributed by atoms with E-state index in [0.717, 1.165) is 44.9 Å². The molecule has 100 heavy (non-hydrogen) atoms. The summed E-state index contributed by atoms with van der Waals surface area (Å²) >= 11 is 3.42. The third-order valence-electron chi connectivity index (χ3n) is 12.0. The number of nitrogens with zero attached hydrogens (tertiary/aromatic N) is 1. The van der Waals surface area contributed by atoms with Crippen molar-refractivity contribution < 1.29 is 139 Å². The number of carboxylic acids is 3. The maximum Gasteiger partial charge on any atom is 0.505 e. The van der Waals surface area contributed by atoms with E-state index in [1.807, 2.05) is 13.8 Å². The lowest BCUT2D eigenvalue weighted by Crippen LogP contribution is -2.34. The van der Waals surface area contributed by atoms with Gasteiger partial charge in [0.1, 0.15) is 12.5 Å². The van der Waals surface area contributed by atoms with E-state index >= 15 is 0 Å². The molecule has 0 aromatic rings. The van der Waals surface area contributed by atoms with E-state index < -0.39 is 99.1 Å². The normalized spacial score (nSPS) is 10.7. The lowest BCUT2D eigenvalue weighted by Gasteiger charge is -2.18. The first-order valence-electron chi connectivity index (χ1n) is 33.5. The van der Waals surface area contributed by atoms with E-state index in [4.69, 9.17) is 79.9 Å². The lowest BCUT2D eigenvalue weighted by molar-refractivity contribution is -0.140. The highest BCUT2D eigenvalue weighted by atomic mass is 32.2. The molecule has 0 heterocycles. The van der Waals surface area contributed by atoms with Gasteiger partial charge in [-0.05, 0) is 38.5 Å². The second-order valence-electron chi connectivity index (χ2n) is 21.7. The molecule has 20 N–H and O–H groups in total. The number of hydrogen-bond donors (Lipinski definition) is 18. The van der Waals surface area contributed by atoms with Crippen LogP contribution in [-0.4, -0.2) is 240 Å². The maximum absolute atomic E-state index is 10.3. The zero-order chi connectivity index (χ0) is 79.6. The van der Waals surface area contributed by atoms with Gasteiger partial charge < -0.3 is 68.1 Å². The van der Waals surface area contributed by atoms with Gasteiger partial charge in [0.15, 0.2) is 0 Å². The van der Waals surface area contributed by atoms with Crippen molar-refractivity contribution >= 4 is 99.3 Å².